The number of anilines is 1. The first kappa shape index (κ1) is 18.7. The summed E-state index contributed by atoms with van der Waals surface area (Å²) < 4.78 is 14.3. The summed E-state index contributed by atoms with van der Waals surface area (Å²) in [6.45, 7) is 1.07. The molecule has 1 amide bonds. The molecule has 1 fully saturated rings. The number of hydrogen-bond acceptors (Lipinski definition) is 7. The Morgan fingerprint density at radius 3 is 2.74 bits per heavy atom. The van der Waals surface area contributed by atoms with Gasteiger partial charge in [-0.15, -0.1) is 0 Å². The van der Waals surface area contributed by atoms with Gasteiger partial charge >= 0.3 is 0 Å². The van der Waals surface area contributed by atoms with Crippen LogP contribution in [0.2, 0.25) is 0 Å². The highest BCUT2D eigenvalue weighted by molar-refractivity contribution is 5.98. The van der Waals surface area contributed by atoms with Crippen LogP contribution in [0.3, 0.4) is 0 Å². The van der Waals surface area contributed by atoms with Crippen LogP contribution in [0.5, 0.6) is 0 Å². The van der Waals surface area contributed by atoms with Crippen molar-refractivity contribution in [3.8, 4) is 11.1 Å². The third kappa shape index (κ3) is 4.56. The number of aliphatic hydroxyl groups is 1. The minimum absolute atomic E-state index is 0.232. The van der Waals surface area contributed by atoms with Gasteiger partial charge in [-0.05, 0) is 6.42 Å². The van der Waals surface area contributed by atoms with Gasteiger partial charge in [0.25, 0.3) is 0 Å². The van der Waals surface area contributed by atoms with Crippen molar-refractivity contribution in [2.75, 3.05) is 24.6 Å². The zero-order chi connectivity index (χ0) is 19.2. The van der Waals surface area contributed by atoms with E-state index in [-0.39, 0.29) is 24.5 Å². The highest BCUT2D eigenvalue weighted by Crippen LogP contribution is 2.25. The Hall–Kier alpha value is -3.07. The van der Waals surface area contributed by atoms with Crippen LogP contribution in [-0.2, 0) is 16.2 Å². The Morgan fingerprint density at radius 2 is 2.07 bits per heavy atom. The van der Waals surface area contributed by atoms with E-state index < -0.39 is 5.82 Å². The van der Waals surface area contributed by atoms with Crippen LogP contribution in [0.25, 0.3) is 11.1 Å². The molecule has 0 unspecified atom stereocenters. The molecule has 0 atom stereocenters. The van der Waals surface area contributed by atoms with Crippen LogP contribution in [-0.4, -0.2) is 46.4 Å². The zero-order valence-electron chi connectivity index (χ0n) is 14.6. The second-order valence-corrected chi connectivity index (χ2v) is 6.13. The van der Waals surface area contributed by atoms with Crippen molar-refractivity contribution in [1.82, 2.24) is 9.97 Å². The number of carbonyl (C=O) groups is 1. The third-order valence-corrected chi connectivity index (χ3v) is 4.08. The monoisotopic (exact) mass is 373 g/mol. The lowest BCUT2D eigenvalue weighted by Crippen LogP contribution is -2.48. The molecule has 9 heteroatoms. The molecule has 0 spiro atoms. The highest BCUT2D eigenvalue weighted by Gasteiger charge is 2.25. The molecule has 1 aromatic heterocycles. The van der Waals surface area contributed by atoms with Gasteiger partial charge in [-0.25, -0.2) is 14.4 Å². The first-order valence-corrected chi connectivity index (χ1v) is 8.50. The summed E-state index contributed by atoms with van der Waals surface area (Å²) in [7, 11) is 0. The summed E-state index contributed by atoms with van der Waals surface area (Å²) in [6.07, 6.45) is 3.92. The Morgan fingerprint density at radius 1 is 1.33 bits per heavy atom. The first-order chi connectivity index (χ1) is 13.1. The Balaban J connectivity index is 1.54. The van der Waals surface area contributed by atoms with Gasteiger partial charge in [-0.2, -0.15) is 0 Å². The summed E-state index contributed by atoms with van der Waals surface area (Å²) in [6, 6.07) is 4.83. The van der Waals surface area contributed by atoms with Crippen LogP contribution >= 0.6 is 0 Å². The summed E-state index contributed by atoms with van der Waals surface area (Å²) >= 11 is 0. The summed E-state index contributed by atoms with van der Waals surface area (Å²) in [5, 5.41) is 13.2. The number of primary amides is 1. The fraction of sp³-hybridized carbons (Fsp3) is 0.333. The van der Waals surface area contributed by atoms with Gasteiger partial charge < -0.3 is 20.6 Å². The number of nitrogens with two attached hydrogens (primary N) is 1. The van der Waals surface area contributed by atoms with Crippen LogP contribution < -0.4 is 10.6 Å². The van der Waals surface area contributed by atoms with Crippen molar-refractivity contribution in [2.24, 2.45) is 10.9 Å². The third-order valence-electron chi connectivity index (χ3n) is 4.08. The van der Waals surface area contributed by atoms with E-state index in [4.69, 9.17) is 15.7 Å². The van der Waals surface area contributed by atoms with Crippen molar-refractivity contribution in [2.45, 2.75) is 19.4 Å². The quantitative estimate of drug-likeness (QED) is 0.531. The van der Waals surface area contributed by atoms with Crippen molar-refractivity contribution < 1.29 is 19.1 Å². The van der Waals surface area contributed by atoms with Gasteiger partial charge in [0.05, 0.1) is 25.4 Å². The molecule has 0 aliphatic carbocycles. The van der Waals surface area contributed by atoms with E-state index in [1.54, 1.807) is 24.5 Å². The molecular formula is C18H20FN5O3. The highest BCUT2D eigenvalue weighted by atomic mass is 19.1. The van der Waals surface area contributed by atoms with Crippen LogP contribution in [0.15, 0.2) is 35.7 Å². The fourth-order valence-corrected chi connectivity index (χ4v) is 2.59. The Bertz CT molecular complexity index is 833. The topological polar surface area (TPSA) is 114 Å². The molecule has 0 radical (unpaired) electrons. The van der Waals surface area contributed by atoms with E-state index in [0.29, 0.717) is 43.2 Å². The number of hydrogen-bond donors (Lipinski definition) is 2. The molecule has 8 nitrogen and oxygen atoms in total. The van der Waals surface area contributed by atoms with Gasteiger partial charge in [-0.1, -0.05) is 23.4 Å². The summed E-state index contributed by atoms with van der Waals surface area (Å²) in [5.74, 6) is -0.307. The van der Waals surface area contributed by atoms with E-state index in [9.17, 15) is 9.18 Å². The van der Waals surface area contributed by atoms with Crippen LogP contribution in [0.4, 0.5) is 10.3 Å². The van der Waals surface area contributed by atoms with E-state index in [1.165, 1.54) is 6.07 Å². The molecule has 0 saturated carbocycles. The van der Waals surface area contributed by atoms with E-state index in [1.807, 2.05) is 4.90 Å². The molecule has 2 heterocycles. The number of benzene rings is 1. The minimum atomic E-state index is -0.469. The van der Waals surface area contributed by atoms with Gasteiger partial charge in [0.2, 0.25) is 11.9 Å². The number of rotatable bonds is 8. The molecule has 1 aliphatic rings. The summed E-state index contributed by atoms with van der Waals surface area (Å²) in [5.41, 5.74) is 7.02. The average Bonchev–Trinajstić information content (AvgIpc) is 2.63. The molecular weight excluding hydrogens is 353 g/mol. The fourth-order valence-electron chi connectivity index (χ4n) is 2.59. The number of oxime groups is 1. The number of amides is 1. The maximum atomic E-state index is 14.3. The standard InChI is InChI=1S/C18H20FN5O3/c19-17-12(11-25)3-1-4-15(17)13-7-21-18(22-8-13)24-9-14(10-24)23-27-6-2-5-16(20)26/h1,3-4,7-8,25H,2,5-6,9-11H2,(H2,20,26). The number of aliphatic hydroxyl groups excluding tert-OH is 1. The molecule has 27 heavy (non-hydrogen) atoms. The number of aromatic nitrogens is 2. The number of halogens is 1. The van der Waals surface area contributed by atoms with Gasteiger partial charge in [0.15, 0.2) is 0 Å². The largest absolute Gasteiger partial charge is 0.396 e. The SMILES string of the molecule is NC(=O)CCCON=C1CN(c2ncc(-c3cccc(CO)c3F)cn2)C1. The van der Waals surface area contributed by atoms with Crippen molar-refractivity contribution >= 4 is 17.6 Å². The van der Waals surface area contributed by atoms with Crippen molar-refractivity contribution in [3.05, 3.63) is 42.0 Å². The smallest absolute Gasteiger partial charge is 0.225 e. The van der Waals surface area contributed by atoms with Crippen LogP contribution in [0.1, 0.15) is 18.4 Å². The maximum Gasteiger partial charge on any atom is 0.225 e. The molecule has 3 rings (SSSR count). The molecule has 2 aromatic rings. The van der Waals surface area contributed by atoms with Crippen molar-refractivity contribution in [1.29, 1.82) is 0 Å². The maximum absolute atomic E-state index is 14.3. The normalized spacial score (nSPS) is 13.3. The lowest BCUT2D eigenvalue weighted by Gasteiger charge is -2.31. The lowest BCUT2D eigenvalue weighted by molar-refractivity contribution is -0.118. The minimum Gasteiger partial charge on any atom is -0.396 e. The van der Waals surface area contributed by atoms with Crippen LogP contribution in [0, 0.1) is 5.82 Å². The molecule has 3 N–H and O–H groups in total. The number of nitrogens with zero attached hydrogens (tertiary/aromatic N) is 4. The van der Waals surface area contributed by atoms with E-state index >= 15 is 0 Å². The number of carbonyl (C=O) groups excluding carboxylic acids is 1. The second-order valence-electron chi connectivity index (χ2n) is 6.13. The lowest BCUT2D eigenvalue weighted by atomic mass is 10.1. The Labute approximate surface area is 155 Å². The first-order valence-electron chi connectivity index (χ1n) is 8.50. The molecule has 0 bridgehead atoms. The predicted octanol–water partition coefficient (Wildman–Crippen LogP) is 1.23. The van der Waals surface area contributed by atoms with E-state index in [2.05, 4.69) is 15.1 Å². The molecule has 1 aromatic carbocycles. The molecule has 1 saturated heterocycles. The van der Waals surface area contributed by atoms with Crippen molar-refractivity contribution in [3.63, 3.8) is 0 Å². The van der Waals surface area contributed by atoms with Gasteiger partial charge in [0, 0.05) is 35.5 Å². The second kappa shape index (κ2) is 8.54. The molecule has 142 valence electrons. The summed E-state index contributed by atoms with van der Waals surface area (Å²) in [4.78, 5) is 26.2. The predicted molar refractivity (Wildman–Crippen MR) is 97.4 cm³/mol. The van der Waals surface area contributed by atoms with Gasteiger partial charge in [-0.3, -0.25) is 4.79 Å². The average molecular weight is 373 g/mol. The zero-order valence-corrected chi connectivity index (χ0v) is 14.6. The van der Waals surface area contributed by atoms with E-state index in [0.717, 1.165) is 5.71 Å². The Kier molecular flexibility index (Phi) is 5.92. The van der Waals surface area contributed by atoms with Gasteiger partial charge in [0.1, 0.15) is 12.4 Å². The molecule has 1 aliphatic heterocycles.